The van der Waals surface area contributed by atoms with Crippen LogP contribution in [0.25, 0.3) is 16.0 Å². The average Bonchev–Trinajstić information content (AvgIpc) is 3.24. The van der Waals surface area contributed by atoms with E-state index in [1.54, 1.807) is 23.0 Å². The van der Waals surface area contributed by atoms with Gasteiger partial charge in [0, 0.05) is 23.1 Å². The van der Waals surface area contributed by atoms with Gasteiger partial charge in [-0.3, -0.25) is 4.57 Å². The third-order valence-corrected chi connectivity index (χ3v) is 5.76. The second-order valence-corrected chi connectivity index (χ2v) is 7.61. The molecule has 2 aromatic heterocycles. The van der Waals surface area contributed by atoms with Crippen LogP contribution in [0.1, 0.15) is 18.6 Å². The van der Waals surface area contributed by atoms with Crippen LogP contribution in [0, 0.1) is 5.82 Å². The van der Waals surface area contributed by atoms with E-state index in [1.165, 1.54) is 29.5 Å². The second-order valence-electron chi connectivity index (χ2n) is 5.93. The predicted molar refractivity (Wildman–Crippen MR) is 106 cm³/mol. The van der Waals surface area contributed by atoms with Crippen LogP contribution in [0.15, 0.2) is 48.1 Å². The summed E-state index contributed by atoms with van der Waals surface area (Å²) in [6.45, 7) is 1.85. The van der Waals surface area contributed by atoms with Crippen molar-refractivity contribution in [2.24, 2.45) is 0 Å². The largest absolute Gasteiger partial charge is 0.506 e. The number of phenols is 1. The highest BCUT2D eigenvalue weighted by Crippen LogP contribution is 2.35. The quantitative estimate of drug-likeness (QED) is 0.415. The number of aromatic nitrogens is 2. The number of thiophene rings is 1. The highest BCUT2D eigenvalue weighted by atomic mass is 35.5. The van der Waals surface area contributed by atoms with E-state index in [2.05, 4.69) is 4.98 Å². The Bertz CT molecular complexity index is 1140. The van der Waals surface area contributed by atoms with E-state index in [-0.39, 0.29) is 21.9 Å². The molecule has 0 aliphatic rings. The average molecular weight is 423 g/mol. The molecule has 0 bridgehead atoms. The van der Waals surface area contributed by atoms with Gasteiger partial charge in [0.05, 0.1) is 21.1 Å². The summed E-state index contributed by atoms with van der Waals surface area (Å²) in [5.41, 5.74) is 1.92. The van der Waals surface area contributed by atoms with Gasteiger partial charge in [0.1, 0.15) is 34.7 Å². The standard InChI is InChI=1S/C19H13Cl2FN2O2S/c1-10(12-3-2-4-17(25)19(12)21)26-11-5-18(27-8-11)24-9-23-15-6-13(20)14(22)7-16(15)24/h2-10,25H,1H3/t10-/m1/s1. The zero-order chi connectivity index (χ0) is 19.1. The molecule has 0 saturated carbocycles. The van der Waals surface area contributed by atoms with Crippen LogP contribution in [0.5, 0.6) is 11.5 Å². The molecule has 0 saturated heterocycles. The molecule has 0 aliphatic carbocycles. The molecule has 1 atom stereocenters. The van der Waals surface area contributed by atoms with Gasteiger partial charge < -0.3 is 9.84 Å². The molecule has 27 heavy (non-hydrogen) atoms. The van der Waals surface area contributed by atoms with Gasteiger partial charge in [-0.05, 0) is 19.1 Å². The van der Waals surface area contributed by atoms with Crippen LogP contribution in [0.2, 0.25) is 10.0 Å². The molecule has 8 heteroatoms. The fourth-order valence-corrected chi connectivity index (χ4v) is 4.04. The van der Waals surface area contributed by atoms with Crippen molar-refractivity contribution in [1.82, 2.24) is 9.55 Å². The molecule has 4 rings (SSSR count). The lowest BCUT2D eigenvalue weighted by Crippen LogP contribution is -2.03. The van der Waals surface area contributed by atoms with Gasteiger partial charge in [0.2, 0.25) is 0 Å². The topological polar surface area (TPSA) is 47.3 Å². The molecule has 0 aliphatic heterocycles. The third-order valence-electron chi connectivity index (χ3n) is 4.15. The number of hydrogen-bond donors (Lipinski definition) is 1. The Balaban J connectivity index is 1.62. The van der Waals surface area contributed by atoms with Crippen molar-refractivity contribution in [3.8, 4) is 16.5 Å². The van der Waals surface area contributed by atoms with E-state index < -0.39 is 5.82 Å². The van der Waals surface area contributed by atoms with Crippen molar-refractivity contribution in [2.75, 3.05) is 0 Å². The van der Waals surface area contributed by atoms with Crippen LogP contribution >= 0.6 is 34.5 Å². The molecule has 4 aromatic rings. The first kappa shape index (κ1) is 18.1. The van der Waals surface area contributed by atoms with Gasteiger partial charge in [-0.15, -0.1) is 11.3 Å². The number of imidazole rings is 1. The van der Waals surface area contributed by atoms with Crippen molar-refractivity contribution >= 4 is 45.6 Å². The molecule has 0 spiro atoms. The van der Waals surface area contributed by atoms with Crippen LogP contribution < -0.4 is 4.74 Å². The molecule has 0 fully saturated rings. The summed E-state index contributed by atoms with van der Waals surface area (Å²) in [7, 11) is 0. The van der Waals surface area contributed by atoms with E-state index in [0.717, 1.165) is 5.00 Å². The Kier molecular flexibility index (Phi) is 4.72. The molecule has 4 nitrogen and oxygen atoms in total. The SMILES string of the molecule is C[C@@H](Oc1csc(-n2cnc3cc(Cl)c(F)cc32)c1)c1cccc(O)c1Cl. The first-order chi connectivity index (χ1) is 12.9. The van der Waals surface area contributed by atoms with Gasteiger partial charge in [-0.2, -0.15) is 0 Å². The molecular formula is C19H13Cl2FN2O2S. The van der Waals surface area contributed by atoms with Gasteiger partial charge in [-0.25, -0.2) is 9.37 Å². The third kappa shape index (κ3) is 3.36. The van der Waals surface area contributed by atoms with Crippen LogP contribution in [0.3, 0.4) is 0 Å². The van der Waals surface area contributed by atoms with Crippen molar-refractivity contribution in [3.63, 3.8) is 0 Å². The van der Waals surface area contributed by atoms with E-state index in [1.807, 2.05) is 18.4 Å². The number of hydrogen-bond acceptors (Lipinski definition) is 4. The Morgan fingerprint density at radius 2 is 2.07 bits per heavy atom. The van der Waals surface area contributed by atoms with Crippen LogP contribution in [-0.2, 0) is 0 Å². The summed E-state index contributed by atoms with van der Waals surface area (Å²) >= 11 is 13.4. The predicted octanol–water partition coefficient (Wildman–Crippen LogP) is 6.38. The zero-order valence-corrected chi connectivity index (χ0v) is 16.3. The molecule has 1 N–H and O–H groups in total. The summed E-state index contributed by atoms with van der Waals surface area (Å²) < 4.78 is 21.6. The van der Waals surface area contributed by atoms with Gasteiger partial charge >= 0.3 is 0 Å². The van der Waals surface area contributed by atoms with E-state index in [4.69, 9.17) is 27.9 Å². The monoisotopic (exact) mass is 422 g/mol. The summed E-state index contributed by atoms with van der Waals surface area (Å²) in [5.74, 6) is 0.158. The minimum atomic E-state index is -0.494. The Morgan fingerprint density at radius 3 is 2.89 bits per heavy atom. The van der Waals surface area contributed by atoms with Crippen molar-refractivity contribution < 1.29 is 14.2 Å². The van der Waals surface area contributed by atoms with Crippen LogP contribution in [0.4, 0.5) is 4.39 Å². The molecule has 0 radical (unpaired) electrons. The number of phenolic OH excluding ortho intramolecular Hbond substituents is 1. The van der Waals surface area contributed by atoms with Gasteiger partial charge in [0.25, 0.3) is 0 Å². The van der Waals surface area contributed by atoms with Crippen molar-refractivity contribution in [1.29, 1.82) is 0 Å². The number of nitrogens with zero attached hydrogens (tertiary/aromatic N) is 2. The lowest BCUT2D eigenvalue weighted by atomic mass is 10.1. The highest BCUT2D eigenvalue weighted by Gasteiger charge is 2.16. The number of aromatic hydroxyl groups is 1. The number of halogens is 3. The van der Waals surface area contributed by atoms with E-state index >= 15 is 0 Å². The summed E-state index contributed by atoms with van der Waals surface area (Å²) in [6, 6.07) is 9.74. The number of fused-ring (bicyclic) bond motifs is 1. The maximum absolute atomic E-state index is 13.8. The molecular weight excluding hydrogens is 410 g/mol. The first-order valence-electron chi connectivity index (χ1n) is 7.99. The highest BCUT2D eigenvalue weighted by molar-refractivity contribution is 7.12. The van der Waals surface area contributed by atoms with Crippen LogP contribution in [-0.4, -0.2) is 14.7 Å². The minimum Gasteiger partial charge on any atom is -0.506 e. The summed E-state index contributed by atoms with van der Waals surface area (Å²) in [6.07, 6.45) is 1.26. The van der Waals surface area contributed by atoms with E-state index in [9.17, 15) is 9.50 Å². The molecule has 2 heterocycles. The Hall–Kier alpha value is -2.28. The molecule has 0 unspecified atom stereocenters. The molecule has 0 amide bonds. The fourth-order valence-electron chi connectivity index (χ4n) is 2.79. The molecule has 2 aromatic carbocycles. The molecule has 138 valence electrons. The maximum Gasteiger partial charge on any atom is 0.144 e. The smallest absolute Gasteiger partial charge is 0.144 e. The number of benzene rings is 2. The van der Waals surface area contributed by atoms with Crippen molar-refractivity contribution in [3.05, 3.63) is 69.5 Å². The van der Waals surface area contributed by atoms with E-state index in [0.29, 0.717) is 22.3 Å². The Morgan fingerprint density at radius 1 is 1.26 bits per heavy atom. The lowest BCUT2D eigenvalue weighted by Gasteiger charge is -2.15. The second kappa shape index (κ2) is 7.03. The fraction of sp³-hybridized carbons (Fsp3) is 0.105. The summed E-state index contributed by atoms with van der Waals surface area (Å²) in [4.78, 5) is 4.27. The first-order valence-corrected chi connectivity index (χ1v) is 9.62. The minimum absolute atomic E-state index is 0.0150. The zero-order valence-electron chi connectivity index (χ0n) is 14.0. The summed E-state index contributed by atoms with van der Waals surface area (Å²) in [5, 5.41) is 12.7. The maximum atomic E-state index is 13.8. The van der Waals surface area contributed by atoms with Crippen molar-refractivity contribution in [2.45, 2.75) is 13.0 Å². The van der Waals surface area contributed by atoms with Gasteiger partial charge in [-0.1, -0.05) is 35.3 Å². The lowest BCUT2D eigenvalue weighted by molar-refractivity contribution is 0.227. The normalized spacial score (nSPS) is 12.4. The Labute approximate surface area is 168 Å². The van der Waals surface area contributed by atoms with Gasteiger partial charge in [0.15, 0.2) is 0 Å². The number of ether oxygens (including phenoxy) is 1. The number of rotatable bonds is 4.